The summed E-state index contributed by atoms with van der Waals surface area (Å²) in [7, 11) is -3.67. The molecule has 3 rings (SSSR count). The van der Waals surface area contributed by atoms with Crippen LogP contribution < -0.4 is 15.4 Å². The highest BCUT2D eigenvalue weighted by molar-refractivity contribution is 7.89. The van der Waals surface area contributed by atoms with Crippen molar-refractivity contribution in [1.82, 2.24) is 10.0 Å². The third-order valence-corrected chi connectivity index (χ3v) is 5.74. The van der Waals surface area contributed by atoms with E-state index in [-0.39, 0.29) is 35.1 Å². The van der Waals surface area contributed by atoms with Crippen LogP contribution in [0.2, 0.25) is 0 Å². The zero-order valence-electron chi connectivity index (χ0n) is 14.7. The van der Waals surface area contributed by atoms with Crippen molar-refractivity contribution in [3.8, 4) is 0 Å². The Hall–Kier alpha value is -2.00. The fourth-order valence-corrected chi connectivity index (χ4v) is 3.99. The number of fused-ring (bicyclic) bond motifs is 1. The van der Waals surface area contributed by atoms with Crippen LogP contribution in [0.3, 0.4) is 0 Å². The van der Waals surface area contributed by atoms with Crippen LogP contribution in [0.15, 0.2) is 41.3 Å². The molecule has 0 saturated heterocycles. The van der Waals surface area contributed by atoms with Crippen LogP contribution in [0.4, 0.5) is 10.1 Å². The molecule has 1 heterocycles. The van der Waals surface area contributed by atoms with Gasteiger partial charge in [0.2, 0.25) is 10.0 Å². The molecule has 3 N–H and O–H groups in total. The molecule has 146 valence electrons. The highest BCUT2D eigenvalue weighted by Gasteiger charge is 2.19. The highest BCUT2D eigenvalue weighted by atomic mass is 35.5. The molecule has 0 saturated carbocycles. The second-order valence-electron chi connectivity index (χ2n) is 5.97. The van der Waals surface area contributed by atoms with E-state index in [1.54, 1.807) is 13.0 Å². The zero-order valence-corrected chi connectivity index (χ0v) is 16.3. The maximum Gasteiger partial charge on any atom is 0.255 e. The lowest BCUT2D eigenvalue weighted by atomic mass is 9.99. The summed E-state index contributed by atoms with van der Waals surface area (Å²) in [5, 5.41) is 5.71. The lowest BCUT2D eigenvalue weighted by Gasteiger charge is -2.19. The Morgan fingerprint density at radius 2 is 2.04 bits per heavy atom. The summed E-state index contributed by atoms with van der Waals surface area (Å²) < 4.78 is 41.2. The molecule has 0 atom stereocenters. The van der Waals surface area contributed by atoms with E-state index in [4.69, 9.17) is 0 Å². The Morgan fingerprint density at radius 1 is 1.26 bits per heavy atom. The molecule has 0 radical (unpaired) electrons. The Bertz CT molecular complexity index is 951. The molecule has 27 heavy (non-hydrogen) atoms. The van der Waals surface area contributed by atoms with Gasteiger partial charge in [-0.2, -0.15) is 0 Å². The van der Waals surface area contributed by atoms with Gasteiger partial charge in [-0.3, -0.25) is 4.79 Å². The van der Waals surface area contributed by atoms with Gasteiger partial charge in [-0.05, 0) is 48.4 Å². The monoisotopic (exact) mass is 413 g/mol. The number of carbonyl (C=O) groups is 1. The van der Waals surface area contributed by atoms with E-state index in [9.17, 15) is 17.6 Å². The summed E-state index contributed by atoms with van der Waals surface area (Å²) in [4.78, 5) is 12.5. The number of hydrogen-bond acceptors (Lipinski definition) is 4. The van der Waals surface area contributed by atoms with E-state index in [1.807, 2.05) is 0 Å². The molecule has 0 bridgehead atoms. The third-order valence-electron chi connectivity index (χ3n) is 4.20. The summed E-state index contributed by atoms with van der Waals surface area (Å²) in [6.07, 6.45) is 0.557. The smallest absolute Gasteiger partial charge is 0.255 e. The lowest BCUT2D eigenvalue weighted by Crippen LogP contribution is -2.25. The zero-order chi connectivity index (χ0) is 18.7. The van der Waals surface area contributed by atoms with Crippen molar-refractivity contribution in [3.63, 3.8) is 0 Å². The number of halogens is 2. The van der Waals surface area contributed by atoms with Crippen LogP contribution in [-0.4, -0.2) is 27.4 Å². The largest absolute Gasteiger partial charge is 0.319 e. The molecule has 9 heteroatoms. The van der Waals surface area contributed by atoms with Gasteiger partial charge in [0, 0.05) is 18.7 Å². The van der Waals surface area contributed by atoms with E-state index in [2.05, 4.69) is 15.4 Å². The first-order chi connectivity index (χ1) is 12.4. The van der Waals surface area contributed by atoms with E-state index in [0.29, 0.717) is 25.1 Å². The Labute approximate surface area is 164 Å². The minimum Gasteiger partial charge on any atom is -0.319 e. The average Bonchev–Trinajstić information content (AvgIpc) is 2.64. The summed E-state index contributed by atoms with van der Waals surface area (Å²) in [5.74, 6) is -1.000. The van der Waals surface area contributed by atoms with Gasteiger partial charge in [0.15, 0.2) is 0 Å². The molecule has 0 unspecified atom stereocenters. The maximum atomic E-state index is 14.7. The van der Waals surface area contributed by atoms with Gasteiger partial charge < -0.3 is 10.6 Å². The fraction of sp³-hybridized carbons (Fsp3) is 0.278. The summed E-state index contributed by atoms with van der Waals surface area (Å²) in [6.45, 7) is 3.20. The van der Waals surface area contributed by atoms with E-state index < -0.39 is 21.7 Å². The van der Waals surface area contributed by atoms with E-state index in [1.165, 1.54) is 30.3 Å². The van der Waals surface area contributed by atoms with Gasteiger partial charge in [-0.1, -0.05) is 19.1 Å². The predicted molar refractivity (Wildman–Crippen MR) is 104 cm³/mol. The Kier molecular flexibility index (Phi) is 6.94. The molecule has 0 spiro atoms. The lowest BCUT2D eigenvalue weighted by molar-refractivity contribution is 0.102. The second-order valence-corrected chi connectivity index (χ2v) is 7.74. The van der Waals surface area contributed by atoms with Gasteiger partial charge in [-0.15, -0.1) is 12.4 Å². The van der Waals surface area contributed by atoms with Crippen LogP contribution in [0, 0.1) is 5.82 Å². The number of benzene rings is 2. The fourth-order valence-electron chi connectivity index (χ4n) is 2.90. The summed E-state index contributed by atoms with van der Waals surface area (Å²) in [6, 6.07) is 8.95. The summed E-state index contributed by atoms with van der Waals surface area (Å²) in [5.41, 5.74) is 1.72. The molecular formula is C18H21ClFN3O3S. The molecule has 0 aliphatic carbocycles. The molecule has 1 aliphatic rings. The first kappa shape index (κ1) is 21.3. The Balaban J connectivity index is 0.00000261. The minimum absolute atomic E-state index is 0. The topological polar surface area (TPSA) is 87.3 Å². The first-order valence-electron chi connectivity index (χ1n) is 8.34. The van der Waals surface area contributed by atoms with Crippen molar-refractivity contribution < 1.29 is 17.6 Å². The summed E-state index contributed by atoms with van der Waals surface area (Å²) >= 11 is 0. The van der Waals surface area contributed by atoms with Crippen LogP contribution in [-0.2, 0) is 23.0 Å². The van der Waals surface area contributed by atoms with Crippen LogP contribution >= 0.6 is 12.4 Å². The normalized spacial score (nSPS) is 13.4. The number of nitrogens with one attached hydrogen (secondary N) is 3. The number of hydrogen-bond donors (Lipinski definition) is 3. The van der Waals surface area contributed by atoms with Crippen LogP contribution in [0.5, 0.6) is 0 Å². The van der Waals surface area contributed by atoms with Crippen molar-refractivity contribution in [2.75, 3.05) is 18.4 Å². The van der Waals surface area contributed by atoms with Gasteiger partial charge in [0.1, 0.15) is 5.82 Å². The molecule has 1 amide bonds. The van der Waals surface area contributed by atoms with Gasteiger partial charge >= 0.3 is 0 Å². The molecule has 6 nitrogen and oxygen atoms in total. The van der Waals surface area contributed by atoms with Crippen molar-refractivity contribution in [3.05, 3.63) is 58.9 Å². The molecule has 0 fully saturated rings. The van der Waals surface area contributed by atoms with Gasteiger partial charge in [0.25, 0.3) is 5.91 Å². The Morgan fingerprint density at radius 3 is 2.78 bits per heavy atom. The number of amides is 1. The number of rotatable bonds is 5. The van der Waals surface area contributed by atoms with Crippen molar-refractivity contribution >= 4 is 34.0 Å². The number of carbonyl (C=O) groups excluding carboxylic acids is 1. The van der Waals surface area contributed by atoms with Gasteiger partial charge in [0.05, 0.1) is 10.6 Å². The number of sulfonamides is 1. The molecule has 0 aromatic heterocycles. The third kappa shape index (κ3) is 4.65. The number of anilines is 1. The standard InChI is InChI=1S/C18H20FN3O3S.ClH/c1-2-21-26(24,25)14-5-3-4-12(10-14)18(23)22-16-7-6-13-11-20-9-8-15(13)17(16)19;/h3-7,10,20-21H,2,8-9,11H2,1H3,(H,22,23);1H. The quantitative estimate of drug-likeness (QED) is 0.702. The van der Waals surface area contributed by atoms with Crippen molar-refractivity contribution in [1.29, 1.82) is 0 Å². The highest BCUT2D eigenvalue weighted by Crippen LogP contribution is 2.25. The first-order valence-corrected chi connectivity index (χ1v) is 9.82. The molecule has 2 aromatic carbocycles. The minimum atomic E-state index is -3.67. The maximum absolute atomic E-state index is 14.7. The molecule has 2 aromatic rings. The average molecular weight is 414 g/mol. The van der Waals surface area contributed by atoms with Crippen molar-refractivity contribution in [2.24, 2.45) is 0 Å². The van der Waals surface area contributed by atoms with Crippen molar-refractivity contribution in [2.45, 2.75) is 24.8 Å². The van der Waals surface area contributed by atoms with Crippen LogP contribution in [0.1, 0.15) is 28.4 Å². The van der Waals surface area contributed by atoms with Crippen LogP contribution in [0.25, 0.3) is 0 Å². The predicted octanol–water partition coefficient (Wildman–Crippen LogP) is 2.44. The van der Waals surface area contributed by atoms with E-state index in [0.717, 1.165) is 5.56 Å². The van der Waals surface area contributed by atoms with Gasteiger partial charge in [-0.25, -0.2) is 17.5 Å². The second kappa shape index (κ2) is 8.79. The molecular weight excluding hydrogens is 393 g/mol. The van der Waals surface area contributed by atoms with E-state index >= 15 is 0 Å². The SMILES string of the molecule is CCNS(=O)(=O)c1cccc(C(=O)Nc2ccc3c(c2F)CCNC3)c1.Cl. The molecule has 1 aliphatic heterocycles.